The minimum atomic E-state index is -4.32. The molecule has 1 amide bonds. The standard InChI is InChI=1S/C24H22ClFN2O7S/c25-21-12-18(26)7-6-16(21)13-34-19-8-10-20(11-9-19)36(32,33)28-23(22(29)27-31)14-24(30,35-15-23)17-4-2-1-3-5-17/h1-12,28,30-31H,13-15H2,(H,27,29). The number of ether oxygens (including phenoxy) is 2. The van der Waals surface area contributed by atoms with E-state index in [2.05, 4.69) is 4.72 Å². The molecule has 4 rings (SSSR count). The summed E-state index contributed by atoms with van der Waals surface area (Å²) in [6.07, 6.45) is -0.491. The molecule has 1 saturated heterocycles. The Morgan fingerprint density at radius 3 is 2.44 bits per heavy atom. The number of hydrogen-bond acceptors (Lipinski definition) is 7. The van der Waals surface area contributed by atoms with Crippen LogP contribution in [0.1, 0.15) is 17.5 Å². The van der Waals surface area contributed by atoms with Gasteiger partial charge in [-0.3, -0.25) is 10.0 Å². The molecule has 0 bridgehead atoms. The molecule has 0 radical (unpaired) electrons. The lowest BCUT2D eigenvalue weighted by Gasteiger charge is -2.28. The fourth-order valence-corrected chi connectivity index (χ4v) is 5.41. The van der Waals surface area contributed by atoms with Crippen molar-refractivity contribution in [1.82, 2.24) is 10.2 Å². The first kappa shape index (κ1) is 26.0. The van der Waals surface area contributed by atoms with Gasteiger partial charge < -0.3 is 14.6 Å². The average molecular weight is 537 g/mol. The van der Waals surface area contributed by atoms with Crippen LogP contribution in [-0.2, 0) is 31.9 Å². The maximum atomic E-state index is 13.2. The third-order valence-electron chi connectivity index (χ3n) is 5.73. The molecular formula is C24H22ClFN2O7S. The van der Waals surface area contributed by atoms with Crippen molar-refractivity contribution < 1.29 is 37.4 Å². The number of sulfonamides is 1. The van der Waals surface area contributed by atoms with Crippen LogP contribution in [0.2, 0.25) is 5.02 Å². The Morgan fingerprint density at radius 1 is 1.11 bits per heavy atom. The van der Waals surface area contributed by atoms with Crippen LogP contribution in [0.15, 0.2) is 77.7 Å². The van der Waals surface area contributed by atoms with Crippen LogP contribution >= 0.6 is 11.6 Å². The summed E-state index contributed by atoms with van der Waals surface area (Å²) in [5.41, 5.74) is 0.317. The smallest absolute Gasteiger partial charge is 0.267 e. The maximum absolute atomic E-state index is 13.2. The topological polar surface area (TPSA) is 134 Å². The number of halogens is 2. The van der Waals surface area contributed by atoms with Gasteiger partial charge in [-0.05, 0) is 36.4 Å². The average Bonchev–Trinajstić information content (AvgIpc) is 3.21. The second-order valence-electron chi connectivity index (χ2n) is 8.24. The van der Waals surface area contributed by atoms with Crippen LogP contribution in [0.4, 0.5) is 4.39 Å². The van der Waals surface area contributed by atoms with E-state index in [1.165, 1.54) is 41.9 Å². The minimum absolute atomic E-state index is 0.0264. The minimum Gasteiger partial charge on any atom is -0.489 e. The van der Waals surface area contributed by atoms with Gasteiger partial charge in [-0.1, -0.05) is 48.0 Å². The summed E-state index contributed by atoms with van der Waals surface area (Å²) in [4.78, 5) is 12.4. The normalized spacial score (nSPS) is 21.8. The summed E-state index contributed by atoms with van der Waals surface area (Å²) < 4.78 is 52.8. The molecule has 9 nitrogen and oxygen atoms in total. The van der Waals surface area contributed by atoms with Crippen LogP contribution in [0.3, 0.4) is 0 Å². The van der Waals surface area contributed by atoms with E-state index in [9.17, 15) is 27.9 Å². The summed E-state index contributed by atoms with van der Waals surface area (Å²) in [5.74, 6) is -3.21. The number of carbonyl (C=O) groups is 1. The highest BCUT2D eigenvalue weighted by molar-refractivity contribution is 7.89. The number of hydroxylamine groups is 1. The first-order chi connectivity index (χ1) is 17.1. The number of rotatable bonds is 8. The van der Waals surface area contributed by atoms with E-state index in [1.54, 1.807) is 30.3 Å². The third kappa shape index (κ3) is 5.36. The molecular weight excluding hydrogens is 515 g/mol. The van der Waals surface area contributed by atoms with Crippen molar-refractivity contribution in [2.24, 2.45) is 0 Å². The maximum Gasteiger partial charge on any atom is 0.267 e. The molecule has 2 unspecified atom stereocenters. The molecule has 3 aromatic carbocycles. The number of nitrogens with one attached hydrogen (secondary N) is 2. The van der Waals surface area contributed by atoms with E-state index in [0.29, 0.717) is 16.9 Å². The van der Waals surface area contributed by atoms with E-state index < -0.39 is 46.1 Å². The Labute approximate surface area is 211 Å². The summed E-state index contributed by atoms with van der Waals surface area (Å²) in [5, 5.41) is 20.4. The van der Waals surface area contributed by atoms with Crippen molar-refractivity contribution in [3.8, 4) is 5.75 Å². The fourth-order valence-electron chi connectivity index (χ4n) is 3.83. The highest BCUT2D eigenvalue weighted by atomic mass is 35.5. The van der Waals surface area contributed by atoms with E-state index in [1.807, 2.05) is 0 Å². The van der Waals surface area contributed by atoms with Crippen molar-refractivity contribution in [3.63, 3.8) is 0 Å². The lowest BCUT2D eigenvalue weighted by molar-refractivity contribution is -0.179. The lowest BCUT2D eigenvalue weighted by atomic mass is 9.91. The summed E-state index contributed by atoms with van der Waals surface area (Å²) in [7, 11) is -4.32. The predicted octanol–water partition coefficient (Wildman–Crippen LogP) is 2.85. The first-order valence-electron chi connectivity index (χ1n) is 10.6. The number of amides is 1. The molecule has 1 fully saturated rings. The zero-order valence-electron chi connectivity index (χ0n) is 18.6. The molecule has 190 valence electrons. The molecule has 2 atom stereocenters. The van der Waals surface area contributed by atoms with Crippen LogP contribution in [-0.4, -0.2) is 36.8 Å². The first-order valence-corrected chi connectivity index (χ1v) is 12.5. The molecule has 1 aliphatic heterocycles. The van der Waals surface area contributed by atoms with E-state index in [0.717, 1.165) is 6.07 Å². The van der Waals surface area contributed by atoms with Crippen LogP contribution in [0.25, 0.3) is 0 Å². The SMILES string of the molecule is O=C(NO)C1(NS(=O)(=O)c2ccc(OCc3ccc(F)cc3Cl)cc2)COC(O)(c2ccccc2)C1. The van der Waals surface area contributed by atoms with Crippen LogP contribution in [0.5, 0.6) is 5.75 Å². The van der Waals surface area contributed by atoms with Gasteiger partial charge in [-0.15, -0.1) is 0 Å². The van der Waals surface area contributed by atoms with E-state index >= 15 is 0 Å². The second-order valence-corrected chi connectivity index (χ2v) is 10.3. The molecule has 0 saturated carbocycles. The molecule has 36 heavy (non-hydrogen) atoms. The van der Waals surface area contributed by atoms with Gasteiger partial charge in [0.15, 0.2) is 5.79 Å². The summed E-state index contributed by atoms with van der Waals surface area (Å²) in [6, 6.07) is 17.4. The van der Waals surface area contributed by atoms with Crippen LogP contribution < -0.4 is 14.9 Å². The lowest BCUT2D eigenvalue weighted by Crippen LogP contribution is -2.59. The van der Waals surface area contributed by atoms with E-state index in [4.69, 9.17) is 21.1 Å². The summed E-state index contributed by atoms with van der Waals surface area (Å²) in [6.45, 7) is -0.512. The molecule has 1 heterocycles. The summed E-state index contributed by atoms with van der Waals surface area (Å²) >= 11 is 5.99. The van der Waals surface area contributed by atoms with Gasteiger partial charge in [-0.2, -0.15) is 4.72 Å². The zero-order chi connectivity index (χ0) is 26.0. The number of aliphatic hydroxyl groups is 1. The highest BCUT2D eigenvalue weighted by Gasteiger charge is 2.56. The molecule has 4 N–H and O–H groups in total. The molecule has 0 spiro atoms. The van der Waals surface area contributed by atoms with Crippen molar-refractivity contribution in [3.05, 3.63) is 94.8 Å². The Balaban J connectivity index is 1.51. The molecule has 0 aromatic heterocycles. The Bertz CT molecular complexity index is 1360. The van der Waals surface area contributed by atoms with E-state index in [-0.39, 0.29) is 16.5 Å². The monoisotopic (exact) mass is 536 g/mol. The third-order valence-corrected chi connectivity index (χ3v) is 7.64. The predicted molar refractivity (Wildman–Crippen MR) is 126 cm³/mol. The zero-order valence-corrected chi connectivity index (χ0v) is 20.2. The second kappa shape index (κ2) is 10.1. The largest absolute Gasteiger partial charge is 0.489 e. The van der Waals surface area contributed by atoms with Crippen molar-refractivity contribution >= 4 is 27.5 Å². The van der Waals surface area contributed by atoms with Gasteiger partial charge in [0.25, 0.3) is 5.91 Å². The molecule has 12 heteroatoms. The highest BCUT2D eigenvalue weighted by Crippen LogP contribution is 2.40. The number of hydrogen-bond donors (Lipinski definition) is 4. The Hall–Kier alpha value is -3.06. The Morgan fingerprint density at radius 2 is 1.81 bits per heavy atom. The van der Waals surface area contributed by atoms with Gasteiger partial charge in [-0.25, -0.2) is 18.3 Å². The Kier molecular flexibility index (Phi) is 7.32. The van der Waals surface area contributed by atoms with Crippen molar-refractivity contribution in [2.75, 3.05) is 6.61 Å². The van der Waals surface area contributed by atoms with Crippen molar-refractivity contribution in [1.29, 1.82) is 0 Å². The van der Waals surface area contributed by atoms with Gasteiger partial charge >= 0.3 is 0 Å². The van der Waals surface area contributed by atoms with Gasteiger partial charge in [0.05, 0.1) is 16.5 Å². The number of carbonyl (C=O) groups excluding carboxylic acids is 1. The fraction of sp³-hybridized carbons (Fsp3) is 0.208. The van der Waals surface area contributed by atoms with Crippen molar-refractivity contribution in [2.45, 2.75) is 29.2 Å². The molecule has 3 aromatic rings. The van der Waals surface area contributed by atoms with Gasteiger partial charge in [0.1, 0.15) is 23.7 Å². The van der Waals surface area contributed by atoms with Crippen LogP contribution in [0, 0.1) is 5.82 Å². The quantitative estimate of drug-likeness (QED) is 0.257. The molecule has 1 aliphatic rings. The van der Waals surface area contributed by atoms with Gasteiger partial charge in [0, 0.05) is 17.5 Å². The molecule has 0 aliphatic carbocycles. The number of benzene rings is 3. The van der Waals surface area contributed by atoms with Gasteiger partial charge in [0.2, 0.25) is 10.0 Å².